The van der Waals surface area contributed by atoms with Crippen molar-refractivity contribution in [2.45, 2.75) is 19.0 Å². The highest BCUT2D eigenvalue weighted by atomic mass is 19.1. The number of hydrogen-bond donors (Lipinski definition) is 1. The van der Waals surface area contributed by atoms with Gasteiger partial charge < -0.3 is 25.0 Å². The average Bonchev–Trinajstić information content (AvgIpc) is 3.61. The number of nitrogens with two attached hydrogens (primary N) is 1. The van der Waals surface area contributed by atoms with Gasteiger partial charge in [0.2, 0.25) is 5.91 Å². The third-order valence-corrected chi connectivity index (χ3v) is 7.70. The Hall–Kier alpha value is -4.21. The summed E-state index contributed by atoms with van der Waals surface area (Å²) in [4.78, 5) is 23.1. The van der Waals surface area contributed by atoms with E-state index in [9.17, 15) is 4.79 Å². The van der Waals surface area contributed by atoms with Gasteiger partial charge in [0.25, 0.3) is 0 Å². The molecule has 1 aromatic carbocycles. The number of likely N-dealkylation sites (tertiary alicyclic amines) is 1. The molecule has 2 aromatic heterocycles. The number of aromatic nitrogens is 3. The molecule has 0 spiro atoms. The number of hydrogen-bond acceptors (Lipinski definition) is 8. The van der Waals surface area contributed by atoms with Crippen molar-refractivity contribution in [1.82, 2.24) is 29.5 Å². The van der Waals surface area contributed by atoms with Crippen LogP contribution in [0.5, 0.6) is 11.5 Å². The summed E-state index contributed by atoms with van der Waals surface area (Å²) >= 11 is 0. The zero-order valence-corrected chi connectivity index (χ0v) is 23.4. The summed E-state index contributed by atoms with van der Waals surface area (Å²) in [5, 5.41) is 5.31. The molecule has 10 nitrogen and oxygen atoms in total. The summed E-state index contributed by atoms with van der Waals surface area (Å²) in [5.41, 5.74) is 7.78. The van der Waals surface area contributed by atoms with E-state index in [1.165, 1.54) is 20.3 Å². The molecular formula is C29H33F2N7O3. The molecule has 3 aromatic rings. The van der Waals surface area contributed by atoms with Crippen molar-refractivity contribution >= 4 is 22.6 Å². The lowest BCUT2D eigenvalue weighted by atomic mass is 10.1. The lowest BCUT2D eigenvalue weighted by Gasteiger charge is -2.32. The zero-order chi connectivity index (χ0) is 29.3. The summed E-state index contributed by atoms with van der Waals surface area (Å²) in [7, 11) is 4.65. The maximum Gasteiger partial charge on any atom is 0.246 e. The Labute approximate surface area is 237 Å². The van der Waals surface area contributed by atoms with Gasteiger partial charge in [0.1, 0.15) is 17.1 Å². The summed E-state index contributed by atoms with van der Waals surface area (Å²) < 4.78 is 42.1. The average molecular weight is 566 g/mol. The number of benzene rings is 1. The van der Waals surface area contributed by atoms with Crippen LogP contribution in [0.2, 0.25) is 0 Å². The number of amides is 1. The maximum absolute atomic E-state index is 15.1. The smallest absolute Gasteiger partial charge is 0.246 e. The number of carbonyl (C=O) groups is 1. The molecule has 0 aliphatic carbocycles. The third kappa shape index (κ3) is 5.42. The lowest BCUT2D eigenvalue weighted by molar-refractivity contribution is -0.125. The van der Waals surface area contributed by atoms with Gasteiger partial charge in [0.15, 0.2) is 23.1 Å². The Balaban J connectivity index is 1.64. The van der Waals surface area contributed by atoms with E-state index in [0.717, 1.165) is 43.3 Å². The van der Waals surface area contributed by atoms with Gasteiger partial charge in [-0.2, -0.15) is 5.10 Å². The van der Waals surface area contributed by atoms with Crippen LogP contribution >= 0.6 is 0 Å². The molecule has 41 heavy (non-hydrogen) atoms. The minimum atomic E-state index is -0.946. The summed E-state index contributed by atoms with van der Waals surface area (Å²) in [5.74, 6) is 3.21. The van der Waals surface area contributed by atoms with Gasteiger partial charge >= 0.3 is 0 Å². The molecule has 2 saturated heterocycles. The van der Waals surface area contributed by atoms with Crippen LogP contribution in [0.3, 0.4) is 0 Å². The van der Waals surface area contributed by atoms with Crippen LogP contribution in [0.15, 0.2) is 24.9 Å². The number of likely N-dealkylation sites (N-methyl/N-ethyl adjacent to an activating group) is 1. The number of fused-ring (bicyclic) bond motifs is 1. The van der Waals surface area contributed by atoms with E-state index in [0.29, 0.717) is 31.4 Å². The SMILES string of the molecule is C=CC(=O)N1CCC(n2nc(C#Cc3c(F)c(OC)cc(OC)c3F)c3c(N)ncc(CN4CCN(C)CC4)c32)C1. The Morgan fingerprint density at radius 3 is 2.46 bits per heavy atom. The molecule has 0 radical (unpaired) electrons. The van der Waals surface area contributed by atoms with Gasteiger partial charge in [-0.15, -0.1) is 0 Å². The summed E-state index contributed by atoms with van der Waals surface area (Å²) in [6.45, 7) is 8.88. The first-order chi connectivity index (χ1) is 19.7. The molecule has 2 aliphatic heterocycles. The largest absolute Gasteiger partial charge is 0.493 e. The number of halogens is 2. The molecule has 2 aliphatic rings. The normalized spacial score (nSPS) is 17.9. The van der Waals surface area contributed by atoms with Gasteiger partial charge in [-0.3, -0.25) is 14.4 Å². The molecule has 0 bridgehead atoms. The Morgan fingerprint density at radius 1 is 1.15 bits per heavy atom. The van der Waals surface area contributed by atoms with E-state index in [1.54, 1.807) is 11.1 Å². The van der Waals surface area contributed by atoms with Gasteiger partial charge in [-0.25, -0.2) is 13.8 Å². The molecule has 4 heterocycles. The van der Waals surface area contributed by atoms with Crippen LogP contribution < -0.4 is 15.2 Å². The standard InChI is InChI=1S/C29H33F2N7O3/c1-5-24(39)37-9-8-19(17-37)38-28-18(16-36-12-10-35(2)11-13-36)15-33-29(32)25(28)21(34-38)7-6-20-26(30)22(40-3)14-23(41-4)27(20)31/h5,14-15,19H,1,8-13,16-17H2,2-4H3,(H2,32,33). The quantitative estimate of drug-likeness (QED) is 0.359. The van der Waals surface area contributed by atoms with Crippen molar-refractivity contribution < 1.29 is 23.0 Å². The highest BCUT2D eigenvalue weighted by Crippen LogP contribution is 2.34. The lowest BCUT2D eigenvalue weighted by Crippen LogP contribution is -2.44. The number of rotatable bonds is 6. The first-order valence-electron chi connectivity index (χ1n) is 13.4. The number of piperazine rings is 1. The van der Waals surface area contributed by atoms with Gasteiger partial charge in [0.05, 0.1) is 31.2 Å². The topological polar surface area (TPSA) is 102 Å². The molecule has 5 rings (SSSR count). The molecule has 2 fully saturated rings. The molecule has 216 valence electrons. The minimum Gasteiger partial charge on any atom is -0.493 e. The van der Waals surface area contributed by atoms with Crippen LogP contribution in [-0.2, 0) is 11.3 Å². The van der Waals surface area contributed by atoms with Crippen molar-refractivity contribution in [2.24, 2.45) is 0 Å². The van der Waals surface area contributed by atoms with Crippen molar-refractivity contribution in [3.05, 3.63) is 53.4 Å². The molecular weight excluding hydrogens is 532 g/mol. The zero-order valence-electron chi connectivity index (χ0n) is 23.4. The fourth-order valence-electron chi connectivity index (χ4n) is 5.36. The van der Waals surface area contributed by atoms with Crippen LogP contribution in [0.25, 0.3) is 10.9 Å². The number of nitrogens with zero attached hydrogens (tertiary/aromatic N) is 6. The van der Waals surface area contributed by atoms with E-state index < -0.39 is 17.2 Å². The minimum absolute atomic E-state index is 0.152. The van der Waals surface area contributed by atoms with Gasteiger partial charge in [-0.05, 0) is 25.5 Å². The molecule has 12 heteroatoms. The number of anilines is 1. The fraction of sp³-hybridized carbons (Fsp3) is 0.414. The predicted octanol–water partition coefficient (Wildman–Crippen LogP) is 2.42. The van der Waals surface area contributed by atoms with E-state index in [2.05, 4.69) is 40.3 Å². The van der Waals surface area contributed by atoms with E-state index in [1.807, 2.05) is 4.68 Å². The Morgan fingerprint density at radius 2 is 1.83 bits per heavy atom. The second-order valence-corrected chi connectivity index (χ2v) is 10.2. The molecule has 2 N–H and O–H groups in total. The first kappa shape index (κ1) is 28.3. The van der Waals surface area contributed by atoms with Crippen LogP contribution in [0.1, 0.15) is 29.3 Å². The third-order valence-electron chi connectivity index (χ3n) is 7.70. The summed E-state index contributed by atoms with van der Waals surface area (Å²) in [6, 6.07) is 0.971. The monoisotopic (exact) mass is 565 g/mol. The van der Waals surface area contributed by atoms with Gasteiger partial charge in [0, 0.05) is 63.6 Å². The first-order valence-corrected chi connectivity index (χ1v) is 13.4. The second kappa shape index (κ2) is 11.7. The van der Waals surface area contributed by atoms with Crippen molar-refractivity contribution in [2.75, 3.05) is 66.3 Å². The molecule has 1 unspecified atom stereocenters. The summed E-state index contributed by atoms with van der Waals surface area (Å²) in [6.07, 6.45) is 3.71. The van der Waals surface area contributed by atoms with Gasteiger partial charge in [-0.1, -0.05) is 12.5 Å². The van der Waals surface area contributed by atoms with Crippen LogP contribution in [0.4, 0.5) is 14.6 Å². The second-order valence-electron chi connectivity index (χ2n) is 10.2. The molecule has 0 saturated carbocycles. The van der Waals surface area contributed by atoms with E-state index in [-0.39, 0.29) is 35.0 Å². The van der Waals surface area contributed by atoms with E-state index >= 15 is 8.78 Å². The highest BCUT2D eigenvalue weighted by Gasteiger charge is 2.30. The predicted molar refractivity (Wildman–Crippen MR) is 151 cm³/mol. The van der Waals surface area contributed by atoms with Crippen molar-refractivity contribution in [1.29, 1.82) is 0 Å². The number of carbonyl (C=O) groups excluding carboxylic acids is 1. The fourth-order valence-corrected chi connectivity index (χ4v) is 5.36. The molecule has 1 atom stereocenters. The van der Waals surface area contributed by atoms with Crippen molar-refractivity contribution in [3.63, 3.8) is 0 Å². The highest BCUT2D eigenvalue weighted by molar-refractivity contribution is 5.95. The van der Waals surface area contributed by atoms with Crippen LogP contribution in [0, 0.1) is 23.5 Å². The molecule has 1 amide bonds. The number of pyridine rings is 1. The number of ether oxygens (including phenoxy) is 2. The number of methoxy groups -OCH3 is 2. The number of nitrogen functional groups attached to an aromatic ring is 1. The Bertz CT molecular complexity index is 1530. The maximum atomic E-state index is 15.1. The van der Waals surface area contributed by atoms with Crippen molar-refractivity contribution in [3.8, 4) is 23.3 Å². The Kier molecular flexibility index (Phi) is 8.10. The van der Waals surface area contributed by atoms with E-state index in [4.69, 9.17) is 20.3 Å². The van der Waals surface area contributed by atoms with Crippen LogP contribution in [-0.4, -0.2) is 95.9 Å².